The Morgan fingerprint density at radius 3 is 2.55 bits per heavy atom. The van der Waals surface area contributed by atoms with Gasteiger partial charge in [0.15, 0.2) is 5.69 Å². The third-order valence-electron chi connectivity index (χ3n) is 1.98. The van der Waals surface area contributed by atoms with Crippen LogP contribution in [0.15, 0.2) is 12.5 Å². The second-order valence-electron chi connectivity index (χ2n) is 3.64. The number of carboxylic acids is 1. The van der Waals surface area contributed by atoms with Crippen molar-refractivity contribution >= 4 is 16.2 Å². The zero-order valence-electron chi connectivity index (χ0n) is 9.88. The van der Waals surface area contributed by atoms with Crippen LogP contribution in [0.25, 0.3) is 0 Å². The molecule has 0 fully saturated rings. The van der Waals surface area contributed by atoms with Gasteiger partial charge in [-0.05, 0) is 0 Å². The van der Waals surface area contributed by atoms with Crippen LogP contribution in [0.5, 0.6) is 0 Å². The van der Waals surface area contributed by atoms with Crippen molar-refractivity contribution in [2.75, 3.05) is 13.1 Å². The van der Waals surface area contributed by atoms with Crippen LogP contribution in [-0.4, -0.2) is 48.3 Å². The van der Waals surface area contributed by atoms with E-state index in [1.807, 2.05) is 4.72 Å². The first kappa shape index (κ1) is 16.4. The van der Waals surface area contributed by atoms with Crippen molar-refractivity contribution < 1.29 is 31.5 Å². The molecule has 1 heterocycles. The Hall–Kier alpha value is -1.66. The van der Waals surface area contributed by atoms with Gasteiger partial charge in [-0.3, -0.25) is 0 Å². The van der Waals surface area contributed by atoms with E-state index in [1.165, 1.54) is 21.8 Å². The maximum Gasteiger partial charge on any atom is 0.402 e. The van der Waals surface area contributed by atoms with Gasteiger partial charge in [0, 0.05) is 19.3 Å². The summed E-state index contributed by atoms with van der Waals surface area (Å²) in [7, 11) is -4.26. The van der Waals surface area contributed by atoms with E-state index >= 15 is 0 Å². The highest BCUT2D eigenvalue weighted by Gasteiger charge is 2.29. The smallest absolute Gasteiger partial charge is 0.402 e. The van der Waals surface area contributed by atoms with Crippen molar-refractivity contribution in [1.29, 1.82) is 0 Å². The Bertz CT molecular complexity index is 569. The second kappa shape index (κ2) is 6.19. The fourth-order valence-corrected chi connectivity index (χ4v) is 1.95. The molecule has 0 unspecified atom stereocenters. The normalized spacial score (nSPS) is 12.6. The van der Waals surface area contributed by atoms with Crippen LogP contribution in [0.1, 0.15) is 10.5 Å². The summed E-state index contributed by atoms with van der Waals surface area (Å²) >= 11 is 0. The first-order chi connectivity index (χ1) is 9.09. The third kappa shape index (κ3) is 5.99. The molecule has 0 atom stereocenters. The zero-order chi connectivity index (χ0) is 15.4. The lowest BCUT2D eigenvalue weighted by atomic mass is 10.5. The molecule has 0 saturated heterocycles. The average Bonchev–Trinajstić information content (AvgIpc) is 2.74. The van der Waals surface area contributed by atoms with Gasteiger partial charge in [-0.1, -0.05) is 0 Å². The summed E-state index contributed by atoms with van der Waals surface area (Å²) in [6, 6.07) is 0. The van der Waals surface area contributed by atoms with Crippen LogP contribution >= 0.6 is 0 Å². The highest BCUT2D eigenvalue weighted by atomic mass is 32.2. The van der Waals surface area contributed by atoms with Gasteiger partial charge in [0.05, 0.1) is 6.33 Å². The number of nitrogens with zero attached hydrogens (tertiary/aromatic N) is 2. The largest absolute Gasteiger partial charge is 0.476 e. The molecule has 0 aliphatic rings. The first-order valence-electron chi connectivity index (χ1n) is 5.15. The molecule has 12 heteroatoms. The number of aromatic nitrogens is 2. The molecule has 0 bridgehead atoms. The van der Waals surface area contributed by atoms with Crippen molar-refractivity contribution in [3.8, 4) is 0 Å². The SMILES string of the molecule is O=C(O)c1cn(CCNS(=O)(=O)NCC(F)(F)F)cn1. The number of imidazole rings is 1. The first-order valence-corrected chi connectivity index (χ1v) is 6.63. The van der Waals surface area contributed by atoms with Crippen molar-refractivity contribution in [2.24, 2.45) is 0 Å². The average molecular weight is 316 g/mol. The molecular formula is C8H11F3N4O4S. The van der Waals surface area contributed by atoms with E-state index in [4.69, 9.17) is 5.11 Å². The molecule has 20 heavy (non-hydrogen) atoms. The fraction of sp³-hybridized carbons (Fsp3) is 0.500. The summed E-state index contributed by atoms with van der Waals surface area (Å²) in [5, 5.41) is 8.60. The van der Waals surface area contributed by atoms with Crippen LogP contribution in [0.2, 0.25) is 0 Å². The Morgan fingerprint density at radius 1 is 1.40 bits per heavy atom. The minimum atomic E-state index is -4.64. The van der Waals surface area contributed by atoms with Gasteiger partial charge in [0.1, 0.15) is 6.54 Å². The van der Waals surface area contributed by atoms with E-state index < -0.39 is 28.9 Å². The standard InChI is InChI=1S/C8H11F3N4O4S/c9-8(10,11)4-14-20(18,19)13-1-2-15-3-6(7(16)17)12-5-15/h3,5,13-14H,1-2,4H2,(H,16,17). The molecule has 0 aliphatic carbocycles. The van der Waals surface area contributed by atoms with E-state index in [2.05, 4.69) is 4.98 Å². The quantitative estimate of drug-likeness (QED) is 0.631. The van der Waals surface area contributed by atoms with E-state index in [-0.39, 0.29) is 18.8 Å². The zero-order valence-corrected chi connectivity index (χ0v) is 10.7. The number of alkyl halides is 3. The van der Waals surface area contributed by atoms with Crippen LogP contribution in [0.4, 0.5) is 13.2 Å². The van der Waals surface area contributed by atoms with Gasteiger partial charge in [-0.15, -0.1) is 0 Å². The predicted molar refractivity (Wildman–Crippen MR) is 60.2 cm³/mol. The molecule has 0 amide bonds. The Balaban J connectivity index is 2.41. The molecule has 0 aliphatic heterocycles. The number of hydrogen-bond acceptors (Lipinski definition) is 4. The highest BCUT2D eigenvalue weighted by Crippen LogP contribution is 2.12. The molecular weight excluding hydrogens is 305 g/mol. The number of nitrogens with one attached hydrogen (secondary N) is 2. The number of aromatic carboxylic acids is 1. The van der Waals surface area contributed by atoms with Gasteiger partial charge in [0.2, 0.25) is 0 Å². The molecule has 1 aromatic heterocycles. The van der Waals surface area contributed by atoms with Gasteiger partial charge >= 0.3 is 12.1 Å². The van der Waals surface area contributed by atoms with Crippen LogP contribution in [0.3, 0.4) is 0 Å². The lowest BCUT2D eigenvalue weighted by Crippen LogP contribution is -2.42. The van der Waals surface area contributed by atoms with Crippen LogP contribution < -0.4 is 9.44 Å². The predicted octanol–water partition coefficient (Wildman–Crippen LogP) is -0.432. The topological polar surface area (TPSA) is 113 Å². The summed E-state index contributed by atoms with van der Waals surface area (Å²) in [6.45, 7) is -1.87. The molecule has 3 N–H and O–H groups in total. The monoisotopic (exact) mass is 316 g/mol. The Labute approximate surface area is 111 Å². The minimum Gasteiger partial charge on any atom is -0.476 e. The summed E-state index contributed by atoms with van der Waals surface area (Å²) in [4.78, 5) is 14.0. The molecule has 0 aromatic carbocycles. The molecule has 0 spiro atoms. The number of hydrogen-bond donors (Lipinski definition) is 3. The van der Waals surface area contributed by atoms with E-state index in [0.29, 0.717) is 0 Å². The molecule has 1 rings (SSSR count). The van der Waals surface area contributed by atoms with Crippen molar-refractivity contribution in [3.05, 3.63) is 18.2 Å². The summed E-state index contributed by atoms with van der Waals surface area (Å²) in [6.07, 6.45) is -2.31. The van der Waals surface area contributed by atoms with Gasteiger partial charge in [0.25, 0.3) is 10.2 Å². The van der Waals surface area contributed by atoms with Crippen LogP contribution in [-0.2, 0) is 16.8 Å². The molecule has 8 nitrogen and oxygen atoms in total. The van der Waals surface area contributed by atoms with E-state index in [1.54, 1.807) is 0 Å². The lowest BCUT2D eigenvalue weighted by Gasteiger charge is -2.10. The van der Waals surface area contributed by atoms with Gasteiger partial charge in [-0.25, -0.2) is 14.5 Å². The Kier molecular flexibility index (Phi) is 5.08. The van der Waals surface area contributed by atoms with E-state index in [0.717, 1.165) is 0 Å². The summed E-state index contributed by atoms with van der Waals surface area (Å²) in [5.41, 5.74) is -0.219. The number of rotatable bonds is 7. The maximum absolute atomic E-state index is 11.8. The van der Waals surface area contributed by atoms with Crippen molar-refractivity contribution in [1.82, 2.24) is 19.0 Å². The molecule has 0 radical (unpaired) electrons. The van der Waals surface area contributed by atoms with Gasteiger partial charge in [-0.2, -0.15) is 26.3 Å². The number of carboxylic acid groups (broad SMARTS) is 1. The highest BCUT2D eigenvalue weighted by molar-refractivity contribution is 7.87. The van der Waals surface area contributed by atoms with Crippen molar-refractivity contribution in [2.45, 2.75) is 12.7 Å². The second-order valence-corrected chi connectivity index (χ2v) is 5.22. The fourth-order valence-electron chi connectivity index (χ4n) is 1.13. The number of halogens is 3. The molecule has 1 aromatic rings. The number of carbonyl (C=O) groups is 1. The van der Waals surface area contributed by atoms with Gasteiger partial charge < -0.3 is 9.67 Å². The maximum atomic E-state index is 11.8. The van der Waals surface area contributed by atoms with E-state index in [9.17, 15) is 26.4 Å². The molecule has 0 saturated carbocycles. The summed E-state index contributed by atoms with van der Waals surface area (Å²) < 4.78 is 62.3. The molecule has 114 valence electrons. The minimum absolute atomic E-state index is 0.0210. The van der Waals surface area contributed by atoms with Crippen LogP contribution in [0, 0.1) is 0 Å². The third-order valence-corrected chi connectivity index (χ3v) is 3.09. The lowest BCUT2D eigenvalue weighted by molar-refractivity contribution is -0.121. The van der Waals surface area contributed by atoms with Crippen molar-refractivity contribution in [3.63, 3.8) is 0 Å². The Morgan fingerprint density at radius 2 is 2.05 bits per heavy atom. The summed E-state index contributed by atoms with van der Waals surface area (Å²) in [5.74, 6) is -1.24.